The fourth-order valence-corrected chi connectivity index (χ4v) is 2.41. The summed E-state index contributed by atoms with van der Waals surface area (Å²) in [6.07, 6.45) is 0. The van der Waals surface area contributed by atoms with Crippen LogP contribution < -0.4 is 4.74 Å². The molecule has 0 bridgehead atoms. The van der Waals surface area contributed by atoms with Gasteiger partial charge >= 0.3 is 0 Å². The molecule has 84 valence electrons. The van der Waals surface area contributed by atoms with Crippen molar-refractivity contribution in [2.24, 2.45) is 5.92 Å². The second-order valence-electron chi connectivity index (χ2n) is 3.71. The van der Waals surface area contributed by atoms with Gasteiger partial charge in [0.2, 0.25) is 0 Å². The standard InChI is InChI=1S/C12H18O2S/c1-9(7-13)8-15-11-6-4-5-10(2)12(11)14-3/h4-6,9,13H,7-8H2,1-3H3/t9-/m0/s1. The van der Waals surface area contributed by atoms with Gasteiger partial charge in [0, 0.05) is 17.3 Å². The maximum absolute atomic E-state index is 8.95. The Morgan fingerprint density at radius 3 is 2.80 bits per heavy atom. The molecule has 3 heteroatoms. The van der Waals surface area contributed by atoms with E-state index in [0.29, 0.717) is 5.92 Å². The Labute approximate surface area is 95.7 Å². The molecule has 0 aliphatic rings. The molecular weight excluding hydrogens is 208 g/mol. The quantitative estimate of drug-likeness (QED) is 0.783. The number of hydrogen-bond acceptors (Lipinski definition) is 3. The molecule has 0 heterocycles. The summed E-state index contributed by atoms with van der Waals surface area (Å²) in [6.45, 7) is 4.31. The number of aliphatic hydroxyl groups is 1. The molecule has 0 aliphatic carbocycles. The molecule has 0 unspecified atom stereocenters. The van der Waals surface area contributed by atoms with Crippen molar-refractivity contribution < 1.29 is 9.84 Å². The largest absolute Gasteiger partial charge is 0.495 e. The SMILES string of the molecule is COc1c(C)cccc1SC[C@@H](C)CO. The monoisotopic (exact) mass is 226 g/mol. The van der Waals surface area contributed by atoms with Crippen LogP contribution in [0.3, 0.4) is 0 Å². The van der Waals surface area contributed by atoms with E-state index in [0.717, 1.165) is 22.0 Å². The van der Waals surface area contributed by atoms with Gasteiger partial charge in [-0.2, -0.15) is 0 Å². The van der Waals surface area contributed by atoms with Gasteiger partial charge in [0.15, 0.2) is 0 Å². The molecule has 0 saturated heterocycles. The van der Waals surface area contributed by atoms with Crippen LogP contribution in [-0.4, -0.2) is 24.6 Å². The number of thioether (sulfide) groups is 1. The van der Waals surface area contributed by atoms with E-state index < -0.39 is 0 Å². The van der Waals surface area contributed by atoms with E-state index in [9.17, 15) is 0 Å². The Kier molecular flexibility index (Phi) is 4.99. The average Bonchev–Trinajstić information content (AvgIpc) is 2.25. The van der Waals surface area contributed by atoms with E-state index in [4.69, 9.17) is 9.84 Å². The maximum atomic E-state index is 8.95. The number of hydrogen-bond donors (Lipinski definition) is 1. The lowest BCUT2D eigenvalue weighted by Gasteiger charge is -2.12. The van der Waals surface area contributed by atoms with Crippen LogP contribution in [0.5, 0.6) is 5.75 Å². The van der Waals surface area contributed by atoms with E-state index in [1.165, 1.54) is 0 Å². The molecule has 0 aliphatic heterocycles. The summed E-state index contributed by atoms with van der Waals surface area (Å²) in [5.74, 6) is 2.18. The predicted molar refractivity (Wildman–Crippen MR) is 64.7 cm³/mol. The number of benzene rings is 1. The summed E-state index contributed by atoms with van der Waals surface area (Å²) in [5.41, 5.74) is 1.15. The van der Waals surface area contributed by atoms with Crippen LogP contribution in [0.1, 0.15) is 12.5 Å². The van der Waals surface area contributed by atoms with Crippen LogP contribution in [0.4, 0.5) is 0 Å². The molecule has 0 saturated carbocycles. The summed E-state index contributed by atoms with van der Waals surface area (Å²) in [4.78, 5) is 1.15. The molecule has 0 amide bonds. The smallest absolute Gasteiger partial charge is 0.135 e. The first kappa shape index (κ1) is 12.4. The highest BCUT2D eigenvalue weighted by Gasteiger charge is 2.08. The highest BCUT2D eigenvalue weighted by atomic mass is 32.2. The van der Waals surface area contributed by atoms with Gasteiger partial charge in [0.05, 0.1) is 7.11 Å². The van der Waals surface area contributed by atoms with E-state index in [-0.39, 0.29) is 6.61 Å². The highest BCUT2D eigenvalue weighted by Crippen LogP contribution is 2.32. The summed E-state index contributed by atoms with van der Waals surface area (Å²) in [7, 11) is 1.70. The zero-order valence-electron chi connectivity index (χ0n) is 9.49. The summed E-state index contributed by atoms with van der Waals surface area (Å²) >= 11 is 1.73. The molecule has 0 radical (unpaired) electrons. The van der Waals surface area contributed by atoms with Gasteiger partial charge in [-0.05, 0) is 24.5 Å². The Bertz CT molecular complexity index is 312. The number of para-hydroxylation sites is 1. The van der Waals surface area contributed by atoms with Gasteiger partial charge < -0.3 is 9.84 Å². The fourth-order valence-electron chi connectivity index (χ4n) is 1.29. The first-order valence-corrected chi connectivity index (χ1v) is 6.04. The van der Waals surface area contributed by atoms with Crippen LogP contribution in [0.15, 0.2) is 23.1 Å². The molecule has 0 aromatic heterocycles. The van der Waals surface area contributed by atoms with Crippen LogP contribution >= 0.6 is 11.8 Å². The molecule has 2 nitrogen and oxygen atoms in total. The highest BCUT2D eigenvalue weighted by molar-refractivity contribution is 7.99. The minimum atomic E-state index is 0.237. The number of ether oxygens (including phenoxy) is 1. The minimum absolute atomic E-state index is 0.237. The maximum Gasteiger partial charge on any atom is 0.135 e. The molecule has 1 N–H and O–H groups in total. The molecule has 0 spiro atoms. The van der Waals surface area contributed by atoms with Gasteiger partial charge in [-0.15, -0.1) is 11.8 Å². The van der Waals surface area contributed by atoms with Gasteiger partial charge in [-0.1, -0.05) is 19.1 Å². The van der Waals surface area contributed by atoms with E-state index in [1.54, 1.807) is 18.9 Å². The second kappa shape index (κ2) is 6.03. The first-order chi connectivity index (χ1) is 7.19. The summed E-state index contributed by atoms with van der Waals surface area (Å²) in [5, 5.41) is 8.95. The fraction of sp³-hybridized carbons (Fsp3) is 0.500. The van der Waals surface area contributed by atoms with Crippen molar-refractivity contribution in [3.63, 3.8) is 0 Å². The number of rotatable bonds is 5. The molecule has 15 heavy (non-hydrogen) atoms. The van der Waals surface area contributed by atoms with E-state index in [2.05, 4.69) is 6.07 Å². The van der Waals surface area contributed by atoms with Crippen molar-refractivity contribution in [2.45, 2.75) is 18.7 Å². The van der Waals surface area contributed by atoms with Gasteiger partial charge in [-0.3, -0.25) is 0 Å². The van der Waals surface area contributed by atoms with E-state index in [1.807, 2.05) is 26.0 Å². The Hall–Kier alpha value is -0.670. The van der Waals surface area contributed by atoms with Crippen molar-refractivity contribution in [1.29, 1.82) is 0 Å². The van der Waals surface area contributed by atoms with Gasteiger partial charge in [0.25, 0.3) is 0 Å². The number of methoxy groups -OCH3 is 1. The van der Waals surface area contributed by atoms with Crippen LogP contribution in [-0.2, 0) is 0 Å². The molecule has 1 aromatic carbocycles. The molecule has 1 rings (SSSR count). The van der Waals surface area contributed by atoms with Crippen molar-refractivity contribution in [2.75, 3.05) is 19.5 Å². The van der Waals surface area contributed by atoms with Gasteiger partial charge in [0.1, 0.15) is 5.75 Å². The normalized spacial score (nSPS) is 12.5. The minimum Gasteiger partial charge on any atom is -0.495 e. The Morgan fingerprint density at radius 1 is 1.47 bits per heavy atom. The van der Waals surface area contributed by atoms with Gasteiger partial charge in [-0.25, -0.2) is 0 Å². The third-order valence-electron chi connectivity index (χ3n) is 2.21. The van der Waals surface area contributed by atoms with Crippen molar-refractivity contribution in [3.8, 4) is 5.75 Å². The van der Waals surface area contributed by atoms with Crippen LogP contribution in [0, 0.1) is 12.8 Å². The molecule has 1 atom stereocenters. The lowest BCUT2D eigenvalue weighted by Crippen LogP contribution is -2.03. The lowest BCUT2D eigenvalue weighted by molar-refractivity contribution is 0.250. The predicted octanol–water partition coefficient (Wildman–Crippen LogP) is 2.72. The third-order valence-corrected chi connectivity index (χ3v) is 3.58. The summed E-state index contributed by atoms with van der Waals surface area (Å²) < 4.78 is 5.36. The van der Waals surface area contributed by atoms with Crippen molar-refractivity contribution in [1.82, 2.24) is 0 Å². The Balaban J connectivity index is 2.72. The van der Waals surface area contributed by atoms with E-state index >= 15 is 0 Å². The van der Waals surface area contributed by atoms with Crippen LogP contribution in [0.2, 0.25) is 0 Å². The topological polar surface area (TPSA) is 29.5 Å². The Morgan fingerprint density at radius 2 is 2.20 bits per heavy atom. The average molecular weight is 226 g/mol. The zero-order valence-corrected chi connectivity index (χ0v) is 10.3. The van der Waals surface area contributed by atoms with Crippen molar-refractivity contribution >= 4 is 11.8 Å². The number of aryl methyl sites for hydroxylation is 1. The molecule has 1 aromatic rings. The first-order valence-electron chi connectivity index (χ1n) is 5.06. The van der Waals surface area contributed by atoms with Crippen LogP contribution in [0.25, 0.3) is 0 Å². The second-order valence-corrected chi connectivity index (χ2v) is 4.77. The molecule has 0 fully saturated rings. The lowest BCUT2D eigenvalue weighted by atomic mass is 10.2. The molecular formula is C12H18O2S. The third kappa shape index (κ3) is 3.43. The summed E-state index contributed by atoms with van der Waals surface area (Å²) in [6, 6.07) is 6.13. The zero-order chi connectivity index (χ0) is 11.3. The number of aliphatic hydroxyl groups excluding tert-OH is 1. The van der Waals surface area contributed by atoms with Crippen molar-refractivity contribution in [3.05, 3.63) is 23.8 Å².